The average molecular weight is 249 g/mol. The molecule has 0 amide bonds. The van der Waals surface area contributed by atoms with Crippen molar-refractivity contribution in [3.8, 4) is 5.75 Å². The van der Waals surface area contributed by atoms with E-state index < -0.39 is 0 Å². The summed E-state index contributed by atoms with van der Waals surface area (Å²) in [6.07, 6.45) is 0. The normalized spacial score (nSPS) is 18.6. The zero-order valence-electron chi connectivity index (χ0n) is 11.5. The van der Waals surface area contributed by atoms with Crippen molar-refractivity contribution in [1.82, 2.24) is 10.2 Å². The van der Waals surface area contributed by atoms with E-state index in [0.717, 1.165) is 37.4 Å². The molecule has 0 saturated carbocycles. The molecule has 1 aliphatic heterocycles. The molecule has 2 N–H and O–H groups in total. The van der Waals surface area contributed by atoms with E-state index in [2.05, 4.69) is 28.1 Å². The van der Waals surface area contributed by atoms with Gasteiger partial charge in [-0.3, -0.25) is 4.90 Å². The molecule has 0 aromatic heterocycles. The summed E-state index contributed by atoms with van der Waals surface area (Å²) >= 11 is 0. The van der Waals surface area contributed by atoms with Crippen LogP contribution >= 0.6 is 0 Å². The number of anilines is 1. The highest BCUT2D eigenvalue weighted by atomic mass is 16.3. The van der Waals surface area contributed by atoms with Gasteiger partial charge in [0.25, 0.3) is 0 Å². The van der Waals surface area contributed by atoms with Gasteiger partial charge in [-0.1, -0.05) is 0 Å². The smallest absolute Gasteiger partial charge is 0.120 e. The Bertz CT molecular complexity index is 400. The van der Waals surface area contributed by atoms with Crippen LogP contribution in [0.4, 0.5) is 5.69 Å². The monoisotopic (exact) mass is 249 g/mol. The molecule has 1 aliphatic rings. The van der Waals surface area contributed by atoms with E-state index in [4.69, 9.17) is 0 Å². The summed E-state index contributed by atoms with van der Waals surface area (Å²) in [4.78, 5) is 4.47. The second-order valence-electron chi connectivity index (χ2n) is 5.10. The minimum atomic E-state index is 0.256. The molecule has 0 spiro atoms. The van der Waals surface area contributed by atoms with Gasteiger partial charge in [-0.25, -0.2) is 0 Å². The first-order chi connectivity index (χ1) is 8.59. The van der Waals surface area contributed by atoms with Crippen LogP contribution in [0, 0.1) is 0 Å². The summed E-state index contributed by atoms with van der Waals surface area (Å²) in [5.41, 5.74) is 2.15. The van der Waals surface area contributed by atoms with Gasteiger partial charge >= 0.3 is 0 Å². The van der Waals surface area contributed by atoms with Gasteiger partial charge in [0, 0.05) is 57.6 Å². The van der Waals surface area contributed by atoms with Crippen LogP contribution < -0.4 is 10.2 Å². The minimum absolute atomic E-state index is 0.256. The van der Waals surface area contributed by atoms with Gasteiger partial charge in [0.05, 0.1) is 0 Å². The number of phenolic OH excluding ortho intramolecular Hbond substituents is 1. The molecular weight excluding hydrogens is 226 g/mol. The van der Waals surface area contributed by atoms with E-state index in [1.807, 2.05) is 20.2 Å². The van der Waals surface area contributed by atoms with E-state index in [1.165, 1.54) is 0 Å². The fourth-order valence-corrected chi connectivity index (χ4v) is 2.42. The van der Waals surface area contributed by atoms with Crippen LogP contribution in [0.5, 0.6) is 5.75 Å². The molecule has 18 heavy (non-hydrogen) atoms. The van der Waals surface area contributed by atoms with Crippen molar-refractivity contribution in [3.05, 3.63) is 23.8 Å². The third kappa shape index (κ3) is 2.76. The zero-order chi connectivity index (χ0) is 13.1. The molecule has 1 heterocycles. The predicted octanol–water partition coefficient (Wildman–Crippen LogP) is 1.42. The van der Waals surface area contributed by atoms with E-state index in [1.54, 1.807) is 6.07 Å². The molecule has 2 rings (SSSR count). The third-order valence-electron chi connectivity index (χ3n) is 3.68. The highest BCUT2D eigenvalue weighted by Gasteiger charge is 2.20. The summed E-state index contributed by atoms with van der Waals surface area (Å²) in [6, 6.07) is 6.08. The first-order valence-electron chi connectivity index (χ1n) is 6.54. The summed E-state index contributed by atoms with van der Waals surface area (Å²) in [5, 5.41) is 13.4. The Hall–Kier alpha value is -1.26. The number of benzene rings is 1. The summed E-state index contributed by atoms with van der Waals surface area (Å²) in [5.74, 6) is 0.395. The third-order valence-corrected chi connectivity index (χ3v) is 3.68. The molecule has 1 fully saturated rings. The lowest BCUT2D eigenvalue weighted by Crippen LogP contribution is -2.44. The molecule has 1 atom stereocenters. The largest absolute Gasteiger partial charge is 0.508 e. The SMILES string of the molecule is CC(c1cc(N(C)C)ccc1O)N1CCNCC1. The minimum Gasteiger partial charge on any atom is -0.508 e. The van der Waals surface area contributed by atoms with E-state index >= 15 is 0 Å². The number of aromatic hydroxyl groups is 1. The lowest BCUT2D eigenvalue weighted by atomic mass is 10.0. The number of nitrogens with one attached hydrogen (secondary N) is 1. The van der Waals surface area contributed by atoms with Crippen molar-refractivity contribution in [2.45, 2.75) is 13.0 Å². The van der Waals surface area contributed by atoms with Crippen molar-refractivity contribution >= 4 is 5.69 Å². The number of rotatable bonds is 3. The van der Waals surface area contributed by atoms with E-state index in [-0.39, 0.29) is 6.04 Å². The highest BCUT2D eigenvalue weighted by Crippen LogP contribution is 2.31. The molecule has 1 aromatic carbocycles. The van der Waals surface area contributed by atoms with Gasteiger partial charge in [-0.2, -0.15) is 0 Å². The number of piperazine rings is 1. The first-order valence-corrected chi connectivity index (χ1v) is 6.54. The first kappa shape index (κ1) is 13.2. The summed E-state index contributed by atoms with van der Waals surface area (Å²) in [7, 11) is 4.04. The maximum absolute atomic E-state index is 10.1. The molecule has 4 heteroatoms. The topological polar surface area (TPSA) is 38.7 Å². The number of hydrogen-bond acceptors (Lipinski definition) is 4. The van der Waals surface area contributed by atoms with Crippen LogP contribution in [0.15, 0.2) is 18.2 Å². The van der Waals surface area contributed by atoms with Crippen molar-refractivity contribution in [3.63, 3.8) is 0 Å². The fraction of sp³-hybridized carbons (Fsp3) is 0.571. The highest BCUT2D eigenvalue weighted by molar-refractivity contribution is 5.52. The van der Waals surface area contributed by atoms with Crippen LogP contribution in [0.25, 0.3) is 0 Å². The zero-order valence-corrected chi connectivity index (χ0v) is 11.5. The van der Waals surface area contributed by atoms with Gasteiger partial charge in [-0.15, -0.1) is 0 Å². The quantitative estimate of drug-likeness (QED) is 0.850. The second-order valence-corrected chi connectivity index (χ2v) is 5.10. The molecule has 0 radical (unpaired) electrons. The number of nitrogens with zero attached hydrogens (tertiary/aromatic N) is 2. The van der Waals surface area contributed by atoms with Crippen LogP contribution in [0.3, 0.4) is 0 Å². The van der Waals surface area contributed by atoms with Crippen molar-refractivity contribution < 1.29 is 5.11 Å². The fourth-order valence-electron chi connectivity index (χ4n) is 2.42. The van der Waals surface area contributed by atoms with E-state index in [0.29, 0.717) is 5.75 Å². The summed E-state index contributed by atoms with van der Waals surface area (Å²) in [6.45, 7) is 6.29. The van der Waals surface area contributed by atoms with Crippen LogP contribution in [0.2, 0.25) is 0 Å². The molecule has 0 bridgehead atoms. The maximum atomic E-state index is 10.1. The maximum Gasteiger partial charge on any atom is 0.120 e. The molecule has 0 aliphatic carbocycles. The Labute approximate surface area is 109 Å². The van der Waals surface area contributed by atoms with Crippen LogP contribution in [0.1, 0.15) is 18.5 Å². The molecular formula is C14H23N3O. The Balaban J connectivity index is 2.22. The van der Waals surface area contributed by atoms with Gasteiger partial charge < -0.3 is 15.3 Å². The van der Waals surface area contributed by atoms with Gasteiger partial charge in [0.2, 0.25) is 0 Å². The number of hydrogen-bond donors (Lipinski definition) is 2. The molecule has 1 aromatic rings. The Morgan fingerprint density at radius 2 is 1.94 bits per heavy atom. The lowest BCUT2D eigenvalue weighted by Gasteiger charge is -2.33. The Kier molecular flexibility index (Phi) is 4.09. The second kappa shape index (κ2) is 5.59. The van der Waals surface area contributed by atoms with Crippen molar-refractivity contribution in [2.75, 3.05) is 45.2 Å². The van der Waals surface area contributed by atoms with Gasteiger partial charge in [-0.05, 0) is 25.1 Å². The molecule has 100 valence electrons. The molecule has 4 nitrogen and oxygen atoms in total. The number of phenols is 1. The standard InChI is InChI=1S/C14H23N3O/c1-11(17-8-6-15-7-9-17)13-10-12(16(2)3)4-5-14(13)18/h4-5,10-11,15,18H,6-9H2,1-3H3. The molecule has 1 unspecified atom stereocenters. The van der Waals surface area contributed by atoms with Crippen LogP contribution in [-0.2, 0) is 0 Å². The Morgan fingerprint density at radius 3 is 2.56 bits per heavy atom. The average Bonchev–Trinajstić information content (AvgIpc) is 2.39. The van der Waals surface area contributed by atoms with E-state index in [9.17, 15) is 5.11 Å². The molecule has 1 saturated heterocycles. The van der Waals surface area contributed by atoms with Crippen LogP contribution in [-0.4, -0.2) is 50.3 Å². The van der Waals surface area contributed by atoms with Gasteiger partial charge in [0.1, 0.15) is 5.75 Å². The lowest BCUT2D eigenvalue weighted by molar-refractivity contribution is 0.183. The Morgan fingerprint density at radius 1 is 1.28 bits per heavy atom. The van der Waals surface area contributed by atoms with Crippen molar-refractivity contribution in [1.29, 1.82) is 0 Å². The summed E-state index contributed by atoms with van der Waals surface area (Å²) < 4.78 is 0. The van der Waals surface area contributed by atoms with Crippen molar-refractivity contribution in [2.24, 2.45) is 0 Å². The predicted molar refractivity (Wildman–Crippen MR) is 75.3 cm³/mol. The van der Waals surface area contributed by atoms with Gasteiger partial charge in [0.15, 0.2) is 0 Å².